The lowest BCUT2D eigenvalue weighted by Crippen LogP contribution is -2.17. The van der Waals surface area contributed by atoms with E-state index in [4.69, 9.17) is 0 Å². The molecule has 30 heavy (non-hydrogen) atoms. The van der Waals surface area contributed by atoms with Crippen LogP contribution < -0.4 is 0 Å². The molecule has 2 fully saturated rings. The van der Waals surface area contributed by atoms with Crippen molar-refractivity contribution in [1.82, 2.24) is 9.80 Å². The minimum atomic E-state index is 0.123. The lowest BCUT2D eigenvalue weighted by molar-refractivity contribution is 0.0866. The maximum Gasteiger partial charge on any atom is 0.258 e. The molecular weight excluding hydrogens is 372 g/mol. The molecule has 4 nitrogen and oxygen atoms in total. The van der Waals surface area contributed by atoms with Crippen LogP contribution in [0.15, 0.2) is 60.7 Å². The molecule has 0 radical (unpaired) electrons. The summed E-state index contributed by atoms with van der Waals surface area (Å²) < 4.78 is 0. The van der Waals surface area contributed by atoms with Crippen molar-refractivity contribution in [3.8, 4) is 0 Å². The molecule has 2 aliphatic carbocycles. The Labute approximate surface area is 177 Å². The van der Waals surface area contributed by atoms with Gasteiger partial charge in [0.2, 0.25) is 0 Å². The van der Waals surface area contributed by atoms with Gasteiger partial charge in [-0.15, -0.1) is 0 Å². The second-order valence-corrected chi connectivity index (χ2v) is 8.60. The molecule has 0 aromatic heterocycles. The number of nitrogens with zero attached hydrogens (tertiary/aromatic N) is 2. The molecule has 2 aromatic carbocycles. The Morgan fingerprint density at radius 3 is 1.30 bits per heavy atom. The first-order valence-corrected chi connectivity index (χ1v) is 10.7. The third kappa shape index (κ3) is 3.36. The van der Waals surface area contributed by atoms with Gasteiger partial charge in [-0.3, -0.25) is 9.59 Å². The zero-order valence-electron chi connectivity index (χ0n) is 17.5. The van der Waals surface area contributed by atoms with Gasteiger partial charge in [0, 0.05) is 47.7 Å². The van der Waals surface area contributed by atoms with Crippen LogP contribution >= 0.6 is 0 Å². The average molecular weight is 399 g/mol. The molecule has 0 saturated heterocycles. The van der Waals surface area contributed by atoms with Crippen molar-refractivity contribution in [3.05, 3.63) is 82.9 Å². The molecule has 6 rings (SSSR count). The molecular formula is C26H26N2O2. The minimum absolute atomic E-state index is 0.123. The van der Waals surface area contributed by atoms with E-state index < -0.39 is 0 Å². The fourth-order valence-corrected chi connectivity index (χ4v) is 4.10. The van der Waals surface area contributed by atoms with Gasteiger partial charge in [-0.2, -0.15) is 0 Å². The SMILES string of the molecule is CN1C(=O)c2ccccc2/C1=C/C1CC1.CN1C(=O)c2ccccc2/C1=C/C1CC1. The van der Waals surface area contributed by atoms with Crippen LogP contribution in [0.5, 0.6) is 0 Å². The zero-order chi connectivity index (χ0) is 20.8. The highest BCUT2D eigenvalue weighted by Gasteiger charge is 2.32. The fraction of sp³-hybridized carbons (Fsp3) is 0.308. The van der Waals surface area contributed by atoms with E-state index in [1.807, 2.05) is 62.6 Å². The summed E-state index contributed by atoms with van der Waals surface area (Å²) >= 11 is 0. The number of rotatable bonds is 2. The molecule has 0 bridgehead atoms. The van der Waals surface area contributed by atoms with Gasteiger partial charge in [0.15, 0.2) is 0 Å². The van der Waals surface area contributed by atoms with E-state index in [-0.39, 0.29) is 11.8 Å². The van der Waals surface area contributed by atoms with Gasteiger partial charge in [-0.05, 0) is 49.7 Å². The highest BCUT2D eigenvalue weighted by molar-refractivity contribution is 6.09. The van der Waals surface area contributed by atoms with Crippen molar-refractivity contribution >= 4 is 23.2 Å². The molecule has 2 heterocycles. The predicted molar refractivity (Wildman–Crippen MR) is 118 cm³/mol. The van der Waals surface area contributed by atoms with Crippen LogP contribution in [0.2, 0.25) is 0 Å². The number of allylic oxidation sites excluding steroid dienone is 2. The zero-order valence-corrected chi connectivity index (χ0v) is 17.5. The van der Waals surface area contributed by atoms with E-state index in [1.54, 1.807) is 9.80 Å². The molecule has 2 saturated carbocycles. The van der Waals surface area contributed by atoms with Crippen molar-refractivity contribution < 1.29 is 9.59 Å². The minimum Gasteiger partial charge on any atom is -0.311 e. The maximum absolute atomic E-state index is 11.9. The number of hydrogen-bond donors (Lipinski definition) is 0. The van der Waals surface area contributed by atoms with Gasteiger partial charge in [0.1, 0.15) is 0 Å². The average Bonchev–Trinajstić information content (AvgIpc) is 3.69. The third-order valence-electron chi connectivity index (χ3n) is 6.23. The number of carbonyl (C=O) groups is 2. The van der Waals surface area contributed by atoms with Crippen LogP contribution in [0.1, 0.15) is 57.5 Å². The Kier molecular flexibility index (Phi) is 4.58. The van der Waals surface area contributed by atoms with Crippen molar-refractivity contribution in [2.45, 2.75) is 25.7 Å². The lowest BCUT2D eigenvalue weighted by Gasteiger charge is -2.10. The summed E-state index contributed by atoms with van der Waals surface area (Å²) in [4.78, 5) is 27.3. The Morgan fingerprint density at radius 1 is 0.633 bits per heavy atom. The third-order valence-corrected chi connectivity index (χ3v) is 6.23. The largest absolute Gasteiger partial charge is 0.311 e. The summed E-state index contributed by atoms with van der Waals surface area (Å²) in [5, 5.41) is 0. The number of benzene rings is 2. The summed E-state index contributed by atoms with van der Waals surface area (Å²) in [7, 11) is 3.72. The number of fused-ring (bicyclic) bond motifs is 2. The van der Waals surface area contributed by atoms with E-state index >= 15 is 0 Å². The first-order chi connectivity index (χ1) is 14.5. The van der Waals surface area contributed by atoms with E-state index in [0.29, 0.717) is 11.8 Å². The number of carbonyl (C=O) groups excluding carboxylic acids is 2. The Hall–Kier alpha value is -3.14. The monoisotopic (exact) mass is 398 g/mol. The summed E-state index contributed by atoms with van der Waals surface area (Å²) in [5.74, 6) is 1.64. The molecule has 0 atom stereocenters. The van der Waals surface area contributed by atoms with E-state index in [9.17, 15) is 9.59 Å². The van der Waals surface area contributed by atoms with Gasteiger partial charge in [-0.1, -0.05) is 48.6 Å². The van der Waals surface area contributed by atoms with Crippen LogP contribution in [-0.4, -0.2) is 35.7 Å². The number of amides is 2. The Balaban J connectivity index is 0.000000128. The Bertz CT molecular complexity index is 1000. The molecule has 2 amide bonds. The molecule has 0 unspecified atom stereocenters. The van der Waals surface area contributed by atoms with Crippen molar-refractivity contribution in [2.24, 2.45) is 11.8 Å². The summed E-state index contributed by atoms with van der Waals surface area (Å²) in [6.45, 7) is 0. The molecule has 4 aliphatic rings. The fourth-order valence-electron chi connectivity index (χ4n) is 4.10. The first-order valence-electron chi connectivity index (χ1n) is 10.7. The van der Waals surface area contributed by atoms with Crippen LogP contribution in [0.25, 0.3) is 11.4 Å². The molecule has 152 valence electrons. The summed E-state index contributed by atoms with van der Waals surface area (Å²) in [6, 6.07) is 15.7. The van der Waals surface area contributed by atoms with Crippen molar-refractivity contribution in [1.29, 1.82) is 0 Å². The van der Waals surface area contributed by atoms with Crippen molar-refractivity contribution in [3.63, 3.8) is 0 Å². The van der Waals surface area contributed by atoms with Gasteiger partial charge >= 0.3 is 0 Å². The van der Waals surface area contributed by atoms with Crippen LogP contribution in [0, 0.1) is 11.8 Å². The summed E-state index contributed by atoms with van der Waals surface area (Å²) in [6.07, 6.45) is 9.57. The van der Waals surface area contributed by atoms with Gasteiger partial charge < -0.3 is 9.80 Å². The highest BCUT2D eigenvalue weighted by atomic mass is 16.2. The van der Waals surface area contributed by atoms with E-state index in [2.05, 4.69) is 12.2 Å². The first kappa shape index (κ1) is 18.9. The molecule has 0 N–H and O–H groups in total. The lowest BCUT2D eigenvalue weighted by atomic mass is 10.1. The number of hydrogen-bond acceptors (Lipinski definition) is 2. The Morgan fingerprint density at radius 2 is 0.967 bits per heavy atom. The van der Waals surface area contributed by atoms with Crippen LogP contribution in [0.3, 0.4) is 0 Å². The van der Waals surface area contributed by atoms with Gasteiger partial charge in [-0.25, -0.2) is 0 Å². The molecule has 0 spiro atoms. The van der Waals surface area contributed by atoms with Crippen LogP contribution in [0.4, 0.5) is 0 Å². The normalized spacial score (nSPS) is 22.3. The predicted octanol–water partition coefficient (Wildman–Crippen LogP) is 5.05. The summed E-state index contributed by atoms with van der Waals surface area (Å²) in [5.41, 5.74) is 6.06. The van der Waals surface area contributed by atoms with Crippen LogP contribution in [-0.2, 0) is 0 Å². The van der Waals surface area contributed by atoms with Crippen molar-refractivity contribution in [2.75, 3.05) is 14.1 Å². The smallest absolute Gasteiger partial charge is 0.258 e. The molecule has 2 aromatic rings. The van der Waals surface area contributed by atoms with Gasteiger partial charge in [0.05, 0.1) is 0 Å². The van der Waals surface area contributed by atoms with E-state index in [0.717, 1.165) is 33.6 Å². The molecule has 2 aliphatic heterocycles. The second-order valence-electron chi connectivity index (χ2n) is 8.60. The van der Waals surface area contributed by atoms with E-state index in [1.165, 1.54) is 25.7 Å². The van der Waals surface area contributed by atoms with Gasteiger partial charge in [0.25, 0.3) is 11.8 Å². The maximum atomic E-state index is 11.9. The molecule has 4 heteroatoms. The second kappa shape index (κ2) is 7.28. The standard InChI is InChI=1S/2C13H13NO/c2*1-14-12(8-9-6-7-9)10-4-2-3-5-11(10)13(14)15/h2*2-5,8-9H,6-7H2,1H3/b2*12-8-. The quantitative estimate of drug-likeness (QED) is 0.711. The highest BCUT2D eigenvalue weighted by Crippen LogP contribution is 2.39. The topological polar surface area (TPSA) is 40.6 Å².